The van der Waals surface area contributed by atoms with Gasteiger partial charge in [-0.1, -0.05) is 60.7 Å². The molecule has 0 N–H and O–H groups in total. The zero-order valence-electron chi connectivity index (χ0n) is 15.3. The predicted octanol–water partition coefficient (Wildman–Crippen LogP) is 3.31. The summed E-state index contributed by atoms with van der Waals surface area (Å²) in [5.74, 6) is 0.798. The van der Waals surface area contributed by atoms with Crippen molar-refractivity contribution in [2.75, 3.05) is 32.7 Å². The summed E-state index contributed by atoms with van der Waals surface area (Å²) in [5.41, 5.74) is 1.22. The normalized spacial score (nSPS) is 16.6. The largest absolute Gasteiger partial charge is 0.481 e. The SMILES string of the molecule is CC(Oc1ccccc1)C(=O)N1CCN(CC=Cc2ccccc2)CC1. The number of nitrogens with zero attached hydrogens (tertiary/aromatic N) is 2. The Labute approximate surface area is 155 Å². The van der Waals surface area contributed by atoms with E-state index in [1.165, 1.54) is 5.56 Å². The number of amides is 1. The van der Waals surface area contributed by atoms with Crippen LogP contribution in [0.15, 0.2) is 66.7 Å². The van der Waals surface area contributed by atoms with Gasteiger partial charge in [0.05, 0.1) is 0 Å². The third kappa shape index (κ3) is 5.20. The molecular formula is C22H26N2O2. The lowest BCUT2D eigenvalue weighted by Gasteiger charge is -2.35. The van der Waals surface area contributed by atoms with Crippen molar-refractivity contribution in [3.8, 4) is 5.75 Å². The fourth-order valence-corrected chi connectivity index (χ4v) is 3.06. The molecule has 1 heterocycles. The highest BCUT2D eigenvalue weighted by Crippen LogP contribution is 2.13. The molecule has 1 amide bonds. The fourth-order valence-electron chi connectivity index (χ4n) is 3.06. The summed E-state index contributed by atoms with van der Waals surface area (Å²) < 4.78 is 5.75. The second-order valence-corrected chi connectivity index (χ2v) is 6.51. The van der Waals surface area contributed by atoms with Crippen molar-refractivity contribution in [3.05, 3.63) is 72.3 Å². The number of ether oxygens (including phenoxy) is 1. The third-order valence-electron chi connectivity index (χ3n) is 4.56. The minimum atomic E-state index is -0.457. The molecule has 3 rings (SSSR count). The number of carbonyl (C=O) groups is 1. The molecule has 0 aliphatic carbocycles. The summed E-state index contributed by atoms with van der Waals surface area (Å²) in [4.78, 5) is 16.9. The maximum atomic E-state index is 12.6. The number of carbonyl (C=O) groups excluding carboxylic acids is 1. The molecule has 1 aliphatic rings. The van der Waals surface area contributed by atoms with Gasteiger partial charge in [-0.15, -0.1) is 0 Å². The van der Waals surface area contributed by atoms with Crippen LogP contribution in [0.1, 0.15) is 12.5 Å². The number of hydrogen-bond donors (Lipinski definition) is 0. The van der Waals surface area contributed by atoms with Crippen molar-refractivity contribution in [2.24, 2.45) is 0 Å². The number of para-hydroxylation sites is 1. The molecule has 4 nitrogen and oxygen atoms in total. The Hall–Kier alpha value is -2.59. The van der Waals surface area contributed by atoms with Crippen molar-refractivity contribution < 1.29 is 9.53 Å². The molecule has 0 aromatic heterocycles. The van der Waals surface area contributed by atoms with Gasteiger partial charge in [-0.2, -0.15) is 0 Å². The molecule has 1 fully saturated rings. The maximum Gasteiger partial charge on any atom is 0.263 e. The van der Waals surface area contributed by atoms with Gasteiger partial charge in [-0.25, -0.2) is 0 Å². The first-order valence-corrected chi connectivity index (χ1v) is 9.17. The van der Waals surface area contributed by atoms with Crippen molar-refractivity contribution in [1.82, 2.24) is 9.80 Å². The van der Waals surface area contributed by atoms with Crippen LogP contribution in [0.4, 0.5) is 0 Å². The van der Waals surface area contributed by atoms with Crippen LogP contribution in [0.5, 0.6) is 5.75 Å². The molecule has 1 unspecified atom stereocenters. The van der Waals surface area contributed by atoms with Crippen molar-refractivity contribution in [3.63, 3.8) is 0 Å². The highest BCUT2D eigenvalue weighted by molar-refractivity contribution is 5.81. The molecule has 1 aliphatic heterocycles. The van der Waals surface area contributed by atoms with E-state index in [0.717, 1.165) is 38.5 Å². The standard InChI is InChI=1S/C22H26N2O2/c1-19(26-21-12-6-3-7-13-21)22(25)24-17-15-23(16-18-24)14-8-11-20-9-4-2-5-10-20/h2-13,19H,14-18H2,1H3. The lowest BCUT2D eigenvalue weighted by atomic mass is 10.2. The predicted molar refractivity (Wildman–Crippen MR) is 105 cm³/mol. The average Bonchev–Trinajstić information content (AvgIpc) is 2.69. The third-order valence-corrected chi connectivity index (χ3v) is 4.56. The summed E-state index contributed by atoms with van der Waals surface area (Å²) in [5, 5.41) is 0. The lowest BCUT2D eigenvalue weighted by Crippen LogP contribution is -2.51. The molecule has 136 valence electrons. The van der Waals surface area contributed by atoms with Crippen LogP contribution in [0.2, 0.25) is 0 Å². The van der Waals surface area contributed by atoms with Crippen LogP contribution in [0, 0.1) is 0 Å². The molecule has 0 bridgehead atoms. The van der Waals surface area contributed by atoms with E-state index in [-0.39, 0.29) is 5.91 Å². The average molecular weight is 350 g/mol. The van der Waals surface area contributed by atoms with Gasteiger partial charge in [0.1, 0.15) is 5.75 Å². The molecule has 4 heteroatoms. The molecule has 1 atom stereocenters. The van der Waals surface area contributed by atoms with E-state index < -0.39 is 6.10 Å². The van der Waals surface area contributed by atoms with Gasteiger partial charge in [-0.05, 0) is 24.6 Å². The second-order valence-electron chi connectivity index (χ2n) is 6.51. The van der Waals surface area contributed by atoms with Crippen molar-refractivity contribution >= 4 is 12.0 Å². The van der Waals surface area contributed by atoms with Gasteiger partial charge in [0, 0.05) is 32.7 Å². The highest BCUT2D eigenvalue weighted by atomic mass is 16.5. The Bertz CT molecular complexity index is 707. The Kier molecular flexibility index (Phi) is 6.45. The van der Waals surface area contributed by atoms with Gasteiger partial charge in [0.15, 0.2) is 6.10 Å². The van der Waals surface area contributed by atoms with Crippen molar-refractivity contribution in [1.29, 1.82) is 0 Å². The highest BCUT2D eigenvalue weighted by Gasteiger charge is 2.25. The van der Waals surface area contributed by atoms with Crippen LogP contribution >= 0.6 is 0 Å². The quantitative estimate of drug-likeness (QED) is 0.801. The number of piperazine rings is 1. The minimum Gasteiger partial charge on any atom is -0.481 e. The van der Waals surface area contributed by atoms with Crippen molar-refractivity contribution in [2.45, 2.75) is 13.0 Å². The second kappa shape index (κ2) is 9.20. The Balaban J connectivity index is 1.42. The van der Waals surface area contributed by atoms with Gasteiger partial charge in [0.25, 0.3) is 5.91 Å². The Morgan fingerprint density at radius 3 is 2.27 bits per heavy atom. The van der Waals surface area contributed by atoms with Gasteiger partial charge in [-0.3, -0.25) is 9.69 Å². The monoisotopic (exact) mass is 350 g/mol. The maximum absolute atomic E-state index is 12.6. The van der Waals surface area contributed by atoms with Gasteiger partial charge < -0.3 is 9.64 Å². The topological polar surface area (TPSA) is 32.8 Å². The smallest absolute Gasteiger partial charge is 0.263 e. The van der Waals surface area contributed by atoms with E-state index in [4.69, 9.17) is 4.74 Å². The summed E-state index contributed by atoms with van der Waals surface area (Å²) in [7, 11) is 0. The molecule has 2 aromatic carbocycles. The van der Waals surface area contributed by atoms with Gasteiger partial charge in [0.2, 0.25) is 0 Å². The minimum absolute atomic E-state index is 0.0633. The molecule has 2 aromatic rings. The number of rotatable bonds is 6. The van der Waals surface area contributed by atoms with E-state index >= 15 is 0 Å². The van der Waals surface area contributed by atoms with Crippen LogP contribution in [0.25, 0.3) is 6.08 Å². The molecule has 0 radical (unpaired) electrons. The fraction of sp³-hybridized carbons (Fsp3) is 0.318. The van der Waals surface area contributed by atoms with E-state index in [9.17, 15) is 4.79 Å². The Morgan fingerprint density at radius 1 is 1.00 bits per heavy atom. The zero-order valence-corrected chi connectivity index (χ0v) is 15.3. The number of hydrogen-bond acceptors (Lipinski definition) is 3. The van der Waals surface area contributed by atoms with E-state index in [2.05, 4.69) is 29.2 Å². The van der Waals surface area contributed by atoms with E-state index in [1.807, 2.05) is 60.4 Å². The first-order chi connectivity index (χ1) is 12.7. The summed E-state index contributed by atoms with van der Waals surface area (Å²) >= 11 is 0. The molecular weight excluding hydrogens is 324 g/mol. The first-order valence-electron chi connectivity index (χ1n) is 9.17. The van der Waals surface area contributed by atoms with Gasteiger partial charge >= 0.3 is 0 Å². The molecule has 26 heavy (non-hydrogen) atoms. The van der Waals surface area contributed by atoms with E-state index in [0.29, 0.717) is 0 Å². The molecule has 0 saturated carbocycles. The van der Waals surface area contributed by atoms with Crippen LogP contribution < -0.4 is 4.74 Å². The molecule has 1 saturated heterocycles. The van der Waals surface area contributed by atoms with E-state index in [1.54, 1.807) is 0 Å². The van der Waals surface area contributed by atoms with Crippen LogP contribution in [0.3, 0.4) is 0 Å². The van der Waals surface area contributed by atoms with Crippen LogP contribution in [-0.4, -0.2) is 54.5 Å². The summed E-state index contributed by atoms with van der Waals surface area (Å²) in [6, 6.07) is 19.8. The summed E-state index contributed by atoms with van der Waals surface area (Å²) in [6.07, 6.45) is 3.88. The zero-order chi connectivity index (χ0) is 18.2. The molecule has 0 spiro atoms. The van der Waals surface area contributed by atoms with Crippen LogP contribution in [-0.2, 0) is 4.79 Å². The lowest BCUT2D eigenvalue weighted by molar-refractivity contribution is -0.139. The Morgan fingerprint density at radius 2 is 1.62 bits per heavy atom. The number of benzene rings is 2. The summed E-state index contributed by atoms with van der Waals surface area (Å²) in [6.45, 7) is 6.02. The first kappa shape index (κ1) is 18.2.